The van der Waals surface area contributed by atoms with Crippen LogP contribution in [0, 0.1) is 5.41 Å². The molecule has 1 N–H and O–H groups in total. The Bertz CT molecular complexity index is 272. The molecule has 0 aromatic carbocycles. The molecule has 0 amide bonds. The van der Waals surface area contributed by atoms with Gasteiger partial charge in [0.2, 0.25) is 0 Å². The molecule has 0 spiro atoms. The van der Waals surface area contributed by atoms with E-state index in [4.69, 9.17) is 4.74 Å². The Morgan fingerprint density at radius 2 is 1.95 bits per heavy atom. The second kappa shape index (κ2) is 6.55. The molecule has 3 heteroatoms. The minimum Gasteiger partial charge on any atom is -0.385 e. The van der Waals surface area contributed by atoms with Gasteiger partial charge in [0.05, 0.1) is 0 Å². The van der Waals surface area contributed by atoms with Gasteiger partial charge in [-0.3, -0.25) is 0 Å². The summed E-state index contributed by atoms with van der Waals surface area (Å²) in [5.74, 6) is 0. The number of nitrogens with one attached hydrogen (secondary N) is 1. The number of nitrogens with zero attached hydrogens (tertiary/aromatic N) is 1. The van der Waals surface area contributed by atoms with Crippen LogP contribution in [0.3, 0.4) is 0 Å². The van der Waals surface area contributed by atoms with Crippen molar-refractivity contribution < 1.29 is 4.74 Å². The van der Waals surface area contributed by atoms with E-state index in [0.29, 0.717) is 11.0 Å². The number of methoxy groups -OCH3 is 1. The van der Waals surface area contributed by atoms with Crippen molar-refractivity contribution in [2.45, 2.75) is 57.9 Å². The third kappa shape index (κ3) is 3.93. The second-order valence-corrected chi connectivity index (χ2v) is 6.72. The molecule has 0 atom stereocenters. The third-order valence-electron chi connectivity index (χ3n) is 5.38. The van der Waals surface area contributed by atoms with Crippen LogP contribution in [0.5, 0.6) is 0 Å². The average Bonchev–Trinajstić information content (AvgIpc) is 3.22. The summed E-state index contributed by atoms with van der Waals surface area (Å²) in [7, 11) is 1.82. The van der Waals surface area contributed by atoms with Gasteiger partial charge in [-0.25, -0.2) is 0 Å². The van der Waals surface area contributed by atoms with Gasteiger partial charge in [-0.2, -0.15) is 0 Å². The molecule has 19 heavy (non-hydrogen) atoms. The second-order valence-electron chi connectivity index (χ2n) is 6.72. The van der Waals surface area contributed by atoms with Gasteiger partial charge in [0.15, 0.2) is 0 Å². The van der Waals surface area contributed by atoms with Crippen molar-refractivity contribution in [1.82, 2.24) is 10.2 Å². The standard InChI is InChI=1S/C16H32N2O/c1-4-16(5-2)14-18(11-6-10-17-16)13-15(7-8-15)9-12-19-3/h17H,4-14H2,1-3H3. The molecule has 0 aromatic rings. The van der Waals surface area contributed by atoms with Gasteiger partial charge in [-0.1, -0.05) is 13.8 Å². The molecule has 0 unspecified atom stereocenters. The van der Waals surface area contributed by atoms with Crippen LogP contribution in [0.1, 0.15) is 52.4 Å². The molecular formula is C16H32N2O. The topological polar surface area (TPSA) is 24.5 Å². The third-order valence-corrected chi connectivity index (χ3v) is 5.38. The first kappa shape index (κ1) is 15.3. The van der Waals surface area contributed by atoms with Gasteiger partial charge < -0.3 is 15.0 Å². The lowest BCUT2D eigenvalue weighted by atomic mass is 9.91. The highest BCUT2D eigenvalue weighted by atomic mass is 16.5. The van der Waals surface area contributed by atoms with Crippen LogP contribution in [0.25, 0.3) is 0 Å². The SMILES string of the molecule is CCC1(CC)CN(CC2(CCOC)CC2)CCCN1. The van der Waals surface area contributed by atoms with Crippen LogP contribution in [-0.2, 0) is 4.74 Å². The minimum absolute atomic E-state index is 0.355. The van der Waals surface area contributed by atoms with Gasteiger partial charge in [0.25, 0.3) is 0 Å². The number of hydrogen-bond acceptors (Lipinski definition) is 3. The van der Waals surface area contributed by atoms with Crippen LogP contribution >= 0.6 is 0 Å². The fourth-order valence-electron chi connectivity index (χ4n) is 3.53. The zero-order valence-electron chi connectivity index (χ0n) is 13.1. The van der Waals surface area contributed by atoms with Crippen molar-refractivity contribution in [2.24, 2.45) is 5.41 Å². The number of rotatable bonds is 7. The molecule has 2 aliphatic rings. The first-order valence-corrected chi connectivity index (χ1v) is 8.14. The van der Waals surface area contributed by atoms with E-state index in [1.54, 1.807) is 0 Å². The molecule has 1 saturated heterocycles. The summed E-state index contributed by atoms with van der Waals surface area (Å²) in [5.41, 5.74) is 0.946. The molecule has 112 valence electrons. The lowest BCUT2D eigenvalue weighted by Gasteiger charge is -2.37. The maximum absolute atomic E-state index is 5.28. The summed E-state index contributed by atoms with van der Waals surface area (Å²) >= 11 is 0. The first-order chi connectivity index (χ1) is 9.17. The molecule has 0 aromatic heterocycles. The average molecular weight is 268 g/mol. The van der Waals surface area contributed by atoms with Gasteiger partial charge in [0.1, 0.15) is 0 Å². The van der Waals surface area contributed by atoms with Crippen LogP contribution in [0.2, 0.25) is 0 Å². The van der Waals surface area contributed by atoms with Gasteiger partial charge >= 0.3 is 0 Å². The lowest BCUT2D eigenvalue weighted by molar-refractivity contribution is 0.132. The van der Waals surface area contributed by atoms with Crippen molar-refractivity contribution in [1.29, 1.82) is 0 Å². The highest BCUT2D eigenvalue weighted by Crippen LogP contribution is 2.49. The molecule has 1 aliphatic heterocycles. The van der Waals surface area contributed by atoms with Crippen LogP contribution < -0.4 is 5.32 Å². The Hall–Kier alpha value is -0.120. The van der Waals surface area contributed by atoms with E-state index in [1.165, 1.54) is 64.7 Å². The molecule has 0 bridgehead atoms. The van der Waals surface area contributed by atoms with E-state index >= 15 is 0 Å². The summed E-state index contributed by atoms with van der Waals surface area (Å²) in [4.78, 5) is 2.73. The van der Waals surface area contributed by atoms with Gasteiger partial charge in [-0.15, -0.1) is 0 Å². The molecule has 3 nitrogen and oxygen atoms in total. The highest BCUT2D eigenvalue weighted by molar-refractivity contribution is 4.98. The minimum atomic E-state index is 0.355. The molecule has 1 saturated carbocycles. The highest BCUT2D eigenvalue weighted by Gasteiger charge is 2.44. The molecule has 1 heterocycles. The maximum atomic E-state index is 5.28. The molecule has 0 radical (unpaired) electrons. The van der Waals surface area contributed by atoms with Crippen LogP contribution in [0.15, 0.2) is 0 Å². The summed E-state index contributed by atoms with van der Waals surface area (Å²) in [6.07, 6.45) is 7.84. The fraction of sp³-hybridized carbons (Fsp3) is 1.00. The van der Waals surface area contributed by atoms with E-state index in [0.717, 1.165) is 6.61 Å². The Balaban J connectivity index is 1.91. The predicted molar refractivity (Wildman–Crippen MR) is 80.5 cm³/mol. The molecular weight excluding hydrogens is 236 g/mol. The quantitative estimate of drug-likeness (QED) is 0.768. The van der Waals surface area contributed by atoms with Crippen molar-refractivity contribution in [3.05, 3.63) is 0 Å². The number of hydrogen-bond donors (Lipinski definition) is 1. The van der Waals surface area contributed by atoms with Gasteiger partial charge in [-0.05, 0) is 57.0 Å². The Kier molecular flexibility index (Phi) is 5.27. The Labute approximate surface area is 119 Å². The summed E-state index contributed by atoms with van der Waals surface area (Å²) in [5, 5.41) is 3.81. The van der Waals surface area contributed by atoms with E-state index in [2.05, 4.69) is 24.1 Å². The van der Waals surface area contributed by atoms with E-state index in [9.17, 15) is 0 Å². The first-order valence-electron chi connectivity index (χ1n) is 8.14. The summed E-state index contributed by atoms with van der Waals surface area (Å²) in [6.45, 7) is 10.6. The van der Waals surface area contributed by atoms with Crippen molar-refractivity contribution >= 4 is 0 Å². The molecule has 2 fully saturated rings. The van der Waals surface area contributed by atoms with Crippen molar-refractivity contribution in [3.8, 4) is 0 Å². The number of ether oxygens (including phenoxy) is 1. The monoisotopic (exact) mass is 268 g/mol. The Morgan fingerprint density at radius 1 is 1.21 bits per heavy atom. The zero-order chi connectivity index (χ0) is 13.8. The normalized spacial score (nSPS) is 26.1. The summed E-state index contributed by atoms with van der Waals surface area (Å²) in [6, 6.07) is 0. The lowest BCUT2D eigenvalue weighted by Crippen LogP contribution is -2.51. The van der Waals surface area contributed by atoms with Crippen LogP contribution in [-0.4, -0.2) is 50.3 Å². The predicted octanol–water partition coefficient (Wildman–Crippen LogP) is 2.66. The van der Waals surface area contributed by atoms with E-state index < -0.39 is 0 Å². The Morgan fingerprint density at radius 3 is 2.53 bits per heavy atom. The maximum Gasteiger partial charge on any atom is 0.0468 e. The molecule has 1 aliphatic carbocycles. The van der Waals surface area contributed by atoms with Crippen molar-refractivity contribution in [3.63, 3.8) is 0 Å². The smallest absolute Gasteiger partial charge is 0.0468 e. The van der Waals surface area contributed by atoms with Crippen molar-refractivity contribution in [2.75, 3.05) is 39.9 Å². The summed E-state index contributed by atoms with van der Waals surface area (Å²) < 4.78 is 5.28. The zero-order valence-corrected chi connectivity index (χ0v) is 13.1. The van der Waals surface area contributed by atoms with E-state index in [-0.39, 0.29) is 0 Å². The van der Waals surface area contributed by atoms with Gasteiger partial charge in [0, 0.05) is 32.3 Å². The largest absolute Gasteiger partial charge is 0.385 e. The van der Waals surface area contributed by atoms with E-state index in [1.807, 2.05) is 7.11 Å². The van der Waals surface area contributed by atoms with Crippen LogP contribution in [0.4, 0.5) is 0 Å². The molecule has 2 rings (SSSR count). The fourth-order valence-corrected chi connectivity index (χ4v) is 3.53.